The van der Waals surface area contributed by atoms with E-state index in [1.54, 1.807) is 30.3 Å². The van der Waals surface area contributed by atoms with E-state index in [2.05, 4.69) is 0 Å². The van der Waals surface area contributed by atoms with Crippen LogP contribution >= 0.6 is 0 Å². The lowest BCUT2D eigenvalue weighted by molar-refractivity contribution is -0.670. The van der Waals surface area contributed by atoms with Crippen LogP contribution in [0.5, 0.6) is 0 Å². The average molecular weight is 301 g/mol. The zero-order valence-corrected chi connectivity index (χ0v) is 11.7. The fourth-order valence-electron chi connectivity index (χ4n) is 1.02. The van der Waals surface area contributed by atoms with Gasteiger partial charge >= 0.3 is 20.4 Å². The molecule has 8 nitrogen and oxygen atoms in total. The maximum atomic E-state index is 11.6. The van der Waals surface area contributed by atoms with E-state index in [4.69, 9.17) is 17.5 Å². The number of hydrogen-bond donors (Lipinski definition) is 2. The largest absolute Gasteiger partial charge is 0.394 e. The smallest absolute Gasteiger partial charge is 0.264 e. The highest BCUT2D eigenvalue weighted by Gasteiger charge is 2.17. The van der Waals surface area contributed by atoms with Crippen molar-refractivity contribution in [3.63, 3.8) is 0 Å². The first kappa shape index (κ1) is 17.0. The maximum Gasteiger partial charge on any atom is 0.394 e. The van der Waals surface area contributed by atoms with Gasteiger partial charge in [0.15, 0.2) is 0 Å². The molecule has 1 aromatic rings. The molecule has 106 valence electrons. The molecule has 0 amide bonds. The molecule has 0 saturated heterocycles. The van der Waals surface area contributed by atoms with Crippen LogP contribution in [0.15, 0.2) is 18.7 Å². The van der Waals surface area contributed by atoms with Gasteiger partial charge < -0.3 is 0 Å². The van der Waals surface area contributed by atoms with E-state index in [0.717, 1.165) is 6.42 Å². The lowest BCUT2D eigenvalue weighted by Crippen LogP contribution is -2.25. The van der Waals surface area contributed by atoms with Gasteiger partial charge in [0.05, 0.1) is 12.8 Å². The molecule has 0 fully saturated rings. The number of unbranched alkanes of at least 4 members (excludes halogenated alkanes) is 1. The van der Waals surface area contributed by atoms with Crippen LogP contribution in [0.1, 0.15) is 19.8 Å². The van der Waals surface area contributed by atoms with E-state index in [1.165, 1.54) is 3.97 Å². The van der Waals surface area contributed by atoms with Gasteiger partial charge in [0, 0.05) is 0 Å². The predicted molar refractivity (Wildman–Crippen MR) is 63.9 cm³/mol. The van der Waals surface area contributed by atoms with Gasteiger partial charge in [-0.2, -0.15) is 16.8 Å². The van der Waals surface area contributed by atoms with Crippen LogP contribution in [0.25, 0.3) is 0 Å². The van der Waals surface area contributed by atoms with E-state index in [-0.39, 0.29) is 5.75 Å². The summed E-state index contributed by atoms with van der Waals surface area (Å²) in [5, 5.41) is 0. The molecule has 0 saturated carbocycles. The van der Waals surface area contributed by atoms with Gasteiger partial charge in [0.1, 0.15) is 12.4 Å². The van der Waals surface area contributed by atoms with Gasteiger partial charge in [0.2, 0.25) is 0 Å². The Morgan fingerprint density at radius 3 is 2.06 bits per heavy atom. The first-order chi connectivity index (χ1) is 8.06. The topological polar surface area (TPSA) is 118 Å². The summed E-state index contributed by atoms with van der Waals surface area (Å²) in [5.41, 5.74) is 0. The minimum Gasteiger partial charge on any atom is -0.264 e. The molecule has 0 unspecified atom stereocenters. The summed E-state index contributed by atoms with van der Waals surface area (Å²) in [6.45, 7) is 1.98. The molecule has 1 aromatic heterocycles. The molecule has 0 aliphatic heterocycles. The molecule has 0 atom stereocenters. The van der Waals surface area contributed by atoms with Gasteiger partial charge in [-0.1, -0.05) is 13.3 Å². The van der Waals surface area contributed by atoms with Crippen molar-refractivity contribution < 1.29 is 30.5 Å². The summed E-state index contributed by atoms with van der Waals surface area (Å²) in [6, 6.07) is 0. The quantitative estimate of drug-likeness (QED) is 0.579. The van der Waals surface area contributed by atoms with Crippen molar-refractivity contribution in [2.75, 3.05) is 5.75 Å². The van der Waals surface area contributed by atoms with E-state index in [0.29, 0.717) is 6.42 Å². The Hall–Kier alpha value is -0.970. The fourth-order valence-corrected chi connectivity index (χ4v) is 2.42. The number of rotatable bonds is 4. The molecule has 1 heterocycles. The Morgan fingerprint density at radius 2 is 1.72 bits per heavy atom. The number of imidazole rings is 1. The fraction of sp³-hybridized carbons (Fsp3) is 0.625. The third-order valence-electron chi connectivity index (χ3n) is 1.82. The minimum absolute atomic E-state index is 0.220. The van der Waals surface area contributed by atoms with E-state index < -0.39 is 20.4 Å². The number of hydrogen-bond acceptors (Lipinski definition) is 4. The van der Waals surface area contributed by atoms with Crippen LogP contribution in [0.2, 0.25) is 0 Å². The van der Waals surface area contributed by atoms with E-state index >= 15 is 0 Å². The second kappa shape index (κ2) is 6.83. The zero-order valence-electron chi connectivity index (χ0n) is 10.1. The molecule has 0 bridgehead atoms. The molecule has 18 heavy (non-hydrogen) atoms. The summed E-state index contributed by atoms with van der Waals surface area (Å²) in [6.07, 6.45) is 6.44. The molecule has 1 rings (SSSR count). The van der Waals surface area contributed by atoms with Crippen molar-refractivity contribution in [2.24, 2.45) is 7.05 Å². The highest BCUT2D eigenvalue weighted by Crippen LogP contribution is 1.99. The summed E-state index contributed by atoms with van der Waals surface area (Å²) in [4.78, 5) is 0. The van der Waals surface area contributed by atoms with Gasteiger partial charge in [0.25, 0.3) is 6.33 Å². The summed E-state index contributed by atoms with van der Waals surface area (Å²) in [5.74, 6) is 0.220. The van der Waals surface area contributed by atoms with Gasteiger partial charge in [-0.15, -0.1) is 3.97 Å². The van der Waals surface area contributed by atoms with Crippen LogP contribution in [-0.2, 0) is 27.5 Å². The normalized spacial score (nSPS) is 11.8. The molecule has 0 spiro atoms. The number of nitrogens with zero attached hydrogens (tertiary/aromatic N) is 2. The van der Waals surface area contributed by atoms with E-state index in [1.807, 2.05) is 6.92 Å². The van der Waals surface area contributed by atoms with Crippen LogP contribution in [0.4, 0.5) is 0 Å². The predicted octanol–water partition coefficient (Wildman–Crippen LogP) is -0.362. The second-order valence-electron chi connectivity index (χ2n) is 3.53. The Bertz CT molecular complexity index is 552. The van der Waals surface area contributed by atoms with Crippen molar-refractivity contribution in [3.05, 3.63) is 18.7 Å². The lowest BCUT2D eigenvalue weighted by atomic mass is 10.4. The molecule has 0 aliphatic rings. The molecular weight excluding hydrogens is 284 g/mol. The van der Waals surface area contributed by atoms with E-state index in [9.17, 15) is 8.42 Å². The Kier molecular flexibility index (Phi) is 6.46. The summed E-state index contributed by atoms with van der Waals surface area (Å²) < 4.78 is 57.7. The number of aromatic nitrogens is 2. The van der Waals surface area contributed by atoms with Crippen LogP contribution < -0.4 is 4.57 Å². The molecule has 2 N–H and O–H groups in total. The maximum absolute atomic E-state index is 11.6. The average Bonchev–Trinajstić information content (AvgIpc) is 2.60. The zero-order chi connectivity index (χ0) is 14.4. The molecule has 0 radical (unpaired) electrons. The van der Waals surface area contributed by atoms with Crippen LogP contribution in [0, 0.1) is 0 Å². The minimum atomic E-state index is -4.67. The lowest BCUT2D eigenvalue weighted by Gasteiger charge is -1.96. The monoisotopic (exact) mass is 301 g/mol. The van der Waals surface area contributed by atoms with Gasteiger partial charge in [-0.3, -0.25) is 9.11 Å². The summed E-state index contributed by atoms with van der Waals surface area (Å²) >= 11 is 0. The third-order valence-corrected chi connectivity index (χ3v) is 3.48. The van der Waals surface area contributed by atoms with Crippen molar-refractivity contribution in [3.8, 4) is 0 Å². The van der Waals surface area contributed by atoms with Crippen molar-refractivity contribution in [1.29, 1.82) is 0 Å². The second-order valence-corrected chi connectivity index (χ2v) is 6.42. The first-order valence-electron chi connectivity index (χ1n) is 5.02. The Balaban J connectivity index is 0.000000494. The SMILES string of the molecule is CCCCS(=O)(=O)n1cc[n+](C)c1.O=S(=O)(O)O. The van der Waals surface area contributed by atoms with Crippen molar-refractivity contribution in [1.82, 2.24) is 3.97 Å². The van der Waals surface area contributed by atoms with Gasteiger partial charge in [-0.05, 0) is 6.42 Å². The van der Waals surface area contributed by atoms with Crippen molar-refractivity contribution >= 4 is 20.4 Å². The third kappa shape index (κ3) is 8.17. The summed E-state index contributed by atoms with van der Waals surface area (Å²) in [7, 11) is -5.97. The molecule has 0 aliphatic carbocycles. The van der Waals surface area contributed by atoms with Crippen LogP contribution in [-0.4, -0.2) is 35.7 Å². The highest BCUT2D eigenvalue weighted by atomic mass is 32.3. The molecular formula is C8H17N2O6S2+. The van der Waals surface area contributed by atoms with Gasteiger partial charge in [-0.25, -0.2) is 4.57 Å². The standard InChI is InChI=1S/C8H15N2O2S.H2O4S/c1-3-4-7-13(11,12)10-6-5-9(2)8-10;1-5(2,3)4/h5-6,8H,3-4,7H2,1-2H3;(H2,1,2,3,4)/q+1;. The Labute approximate surface area is 107 Å². The Morgan fingerprint density at radius 1 is 1.22 bits per heavy atom. The van der Waals surface area contributed by atoms with Crippen molar-refractivity contribution in [2.45, 2.75) is 19.8 Å². The number of aryl methyl sites for hydroxylation is 1. The first-order valence-corrected chi connectivity index (χ1v) is 8.03. The van der Waals surface area contributed by atoms with Crippen LogP contribution in [0.3, 0.4) is 0 Å². The molecule has 10 heteroatoms. The highest BCUT2D eigenvalue weighted by molar-refractivity contribution is 7.89. The molecule has 0 aromatic carbocycles.